The van der Waals surface area contributed by atoms with Crippen molar-refractivity contribution in [3.63, 3.8) is 0 Å². The largest absolute Gasteiger partial charge is 0.497 e. The molecule has 0 fully saturated rings. The highest BCUT2D eigenvalue weighted by molar-refractivity contribution is 8.03. The van der Waals surface area contributed by atoms with Gasteiger partial charge >= 0.3 is 5.97 Å². The summed E-state index contributed by atoms with van der Waals surface area (Å²) in [7, 11) is 2.83. The first-order valence-electron chi connectivity index (χ1n) is 7.91. The predicted molar refractivity (Wildman–Crippen MR) is 102 cm³/mol. The van der Waals surface area contributed by atoms with Crippen molar-refractivity contribution in [2.75, 3.05) is 20.0 Å². The van der Waals surface area contributed by atoms with Gasteiger partial charge in [0.15, 0.2) is 5.76 Å². The Kier molecular flexibility index (Phi) is 7.12. The molecular weight excluding hydrogens is 350 g/mol. The van der Waals surface area contributed by atoms with Crippen molar-refractivity contribution >= 4 is 23.5 Å². The molecule has 2 rings (SSSR count). The Morgan fingerprint density at radius 2 is 1.88 bits per heavy atom. The second-order valence-electron chi connectivity index (χ2n) is 5.02. The second-order valence-corrected chi connectivity index (χ2v) is 6.30. The summed E-state index contributed by atoms with van der Waals surface area (Å²) < 4.78 is 16.1. The fraction of sp³-hybridized carbons (Fsp3) is 0.200. The van der Waals surface area contributed by atoms with Crippen LogP contribution in [-0.2, 0) is 4.74 Å². The van der Waals surface area contributed by atoms with Crippen molar-refractivity contribution in [1.82, 2.24) is 0 Å². The number of thioether (sulfide) groups is 1. The molecule has 0 aliphatic rings. The molecule has 0 unspecified atom stereocenters. The maximum atomic E-state index is 12.1. The molecule has 134 valence electrons. The summed E-state index contributed by atoms with van der Waals surface area (Å²) in [5.41, 5.74) is 0.990. The molecule has 0 saturated carbocycles. The van der Waals surface area contributed by atoms with Crippen LogP contribution in [0, 0.1) is 11.3 Å². The van der Waals surface area contributed by atoms with Crippen molar-refractivity contribution in [3.05, 3.63) is 64.6 Å². The molecule has 2 aromatic rings. The van der Waals surface area contributed by atoms with E-state index < -0.39 is 5.97 Å². The number of esters is 1. The Bertz CT molecular complexity index is 841. The first-order valence-corrected chi connectivity index (χ1v) is 8.89. The highest BCUT2D eigenvalue weighted by atomic mass is 32.2. The van der Waals surface area contributed by atoms with Crippen molar-refractivity contribution in [2.45, 2.75) is 6.92 Å². The van der Waals surface area contributed by atoms with E-state index in [1.54, 1.807) is 18.2 Å². The molecule has 0 aliphatic carbocycles. The molecular formula is C20H19NO4S. The quantitative estimate of drug-likeness (QED) is 0.406. The third kappa shape index (κ3) is 4.58. The van der Waals surface area contributed by atoms with Crippen LogP contribution in [0.15, 0.2) is 53.4 Å². The van der Waals surface area contributed by atoms with Crippen LogP contribution < -0.4 is 9.47 Å². The van der Waals surface area contributed by atoms with E-state index in [-0.39, 0.29) is 11.3 Å². The van der Waals surface area contributed by atoms with Crippen molar-refractivity contribution in [2.24, 2.45) is 0 Å². The fourth-order valence-corrected chi connectivity index (χ4v) is 2.87. The minimum Gasteiger partial charge on any atom is -0.497 e. The number of benzene rings is 2. The van der Waals surface area contributed by atoms with Crippen LogP contribution in [0.1, 0.15) is 22.8 Å². The highest BCUT2D eigenvalue weighted by Gasteiger charge is 2.19. The van der Waals surface area contributed by atoms with E-state index in [2.05, 4.69) is 6.07 Å². The van der Waals surface area contributed by atoms with Gasteiger partial charge in [-0.3, -0.25) is 0 Å². The fourth-order valence-electron chi connectivity index (χ4n) is 2.22. The Morgan fingerprint density at radius 3 is 2.46 bits per heavy atom. The summed E-state index contributed by atoms with van der Waals surface area (Å²) in [6.07, 6.45) is 0. The first-order chi connectivity index (χ1) is 12.6. The zero-order valence-electron chi connectivity index (χ0n) is 14.8. The molecule has 0 aromatic heterocycles. The van der Waals surface area contributed by atoms with Gasteiger partial charge in [0.25, 0.3) is 0 Å². The highest BCUT2D eigenvalue weighted by Crippen LogP contribution is 2.33. The Hall–Kier alpha value is -2.91. The number of allylic oxidation sites excluding steroid dienone is 1. The Labute approximate surface area is 157 Å². The number of hydrogen-bond acceptors (Lipinski definition) is 6. The maximum Gasteiger partial charge on any atom is 0.341 e. The van der Waals surface area contributed by atoms with Crippen LogP contribution in [0.25, 0.3) is 5.76 Å². The summed E-state index contributed by atoms with van der Waals surface area (Å²) in [5, 5.41) is 9.57. The van der Waals surface area contributed by atoms with Crippen LogP contribution in [0.4, 0.5) is 0 Å². The van der Waals surface area contributed by atoms with Gasteiger partial charge in [0.1, 0.15) is 28.0 Å². The summed E-state index contributed by atoms with van der Waals surface area (Å²) >= 11 is 1.37. The number of carbonyl (C=O) groups excluding carboxylic acids is 1. The number of ether oxygens (including phenoxy) is 3. The van der Waals surface area contributed by atoms with Gasteiger partial charge in [-0.1, -0.05) is 37.3 Å². The lowest BCUT2D eigenvalue weighted by atomic mass is 10.1. The topological polar surface area (TPSA) is 68.5 Å². The van der Waals surface area contributed by atoms with Crippen molar-refractivity contribution in [3.8, 4) is 17.6 Å². The van der Waals surface area contributed by atoms with E-state index in [0.717, 1.165) is 5.56 Å². The third-order valence-electron chi connectivity index (χ3n) is 3.44. The minimum atomic E-state index is -0.531. The predicted octanol–water partition coefficient (Wildman–Crippen LogP) is 4.51. The molecule has 0 saturated heterocycles. The van der Waals surface area contributed by atoms with Crippen LogP contribution in [0.5, 0.6) is 11.5 Å². The molecule has 0 bridgehead atoms. The van der Waals surface area contributed by atoms with Gasteiger partial charge in [-0.2, -0.15) is 5.26 Å². The molecule has 26 heavy (non-hydrogen) atoms. The molecule has 0 atom stereocenters. The molecule has 6 heteroatoms. The maximum absolute atomic E-state index is 12.1. The van der Waals surface area contributed by atoms with Gasteiger partial charge in [0.2, 0.25) is 0 Å². The van der Waals surface area contributed by atoms with Crippen LogP contribution in [0.3, 0.4) is 0 Å². The number of carbonyl (C=O) groups is 1. The number of rotatable bonds is 7. The molecule has 0 amide bonds. The van der Waals surface area contributed by atoms with E-state index >= 15 is 0 Å². The summed E-state index contributed by atoms with van der Waals surface area (Å²) in [6.45, 7) is 1.95. The lowest BCUT2D eigenvalue weighted by Crippen LogP contribution is -2.07. The zero-order chi connectivity index (χ0) is 18.9. The van der Waals surface area contributed by atoms with Gasteiger partial charge in [-0.15, -0.1) is 11.8 Å². The van der Waals surface area contributed by atoms with E-state index in [4.69, 9.17) is 14.2 Å². The molecule has 2 aromatic carbocycles. The van der Waals surface area contributed by atoms with E-state index in [9.17, 15) is 10.1 Å². The summed E-state index contributed by atoms with van der Waals surface area (Å²) in [5.74, 6) is 1.36. The number of nitrogens with zero attached hydrogens (tertiary/aromatic N) is 1. The smallest absolute Gasteiger partial charge is 0.341 e. The normalized spacial score (nSPS) is 11.2. The Morgan fingerprint density at radius 1 is 1.15 bits per heavy atom. The van der Waals surface area contributed by atoms with Gasteiger partial charge in [0.05, 0.1) is 14.2 Å². The number of methoxy groups -OCH3 is 2. The average molecular weight is 369 g/mol. The van der Waals surface area contributed by atoms with Gasteiger partial charge in [0, 0.05) is 11.6 Å². The molecule has 0 aliphatic heterocycles. The number of nitriles is 1. The lowest BCUT2D eigenvalue weighted by molar-refractivity contribution is 0.0598. The second kappa shape index (κ2) is 9.54. The van der Waals surface area contributed by atoms with Gasteiger partial charge < -0.3 is 14.2 Å². The zero-order valence-corrected chi connectivity index (χ0v) is 15.6. The van der Waals surface area contributed by atoms with E-state index in [0.29, 0.717) is 22.2 Å². The molecule has 0 radical (unpaired) electrons. The lowest BCUT2D eigenvalue weighted by Gasteiger charge is -2.15. The molecule has 0 N–H and O–H groups in total. The first kappa shape index (κ1) is 19.4. The Balaban J connectivity index is 2.59. The average Bonchev–Trinajstić information content (AvgIpc) is 2.70. The SMILES string of the molecule is CCS/C(C#N)=C(\Oc1cc(OC)ccc1C(=O)OC)c1ccccc1. The standard InChI is InChI=1S/C20H19NO4S/c1-4-26-18(13-21)19(14-8-6-5-7-9-14)25-17-12-15(23-2)10-11-16(17)20(22)24-3/h5-12H,4H2,1-3H3/b19-18-. The van der Waals surface area contributed by atoms with E-state index in [1.807, 2.05) is 37.3 Å². The van der Waals surface area contributed by atoms with Crippen LogP contribution >= 0.6 is 11.8 Å². The van der Waals surface area contributed by atoms with Crippen LogP contribution in [-0.4, -0.2) is 25.9 Å². The molecule has 0 spiro atoms. The number of hydrogen-bond donors (Lipinski definition) is 0. The van der Waals surface area contributed by atoms with Crippen LogP contribution in [0.2, 0.25) is 0 Å². The van der Waals surface area contributed by atoms with Gasteiger partial charge in [-0.25, -0.2) is 4.79 Å². The van der Waals surface area contributed by atoms with Crippen molar-refractivity contribution in [1.29, 1.82) is 5.26 Å². The summed E-state index contributed by atoms with van der Waals surface area (Å²) in [6, 6.07) is 16.3. The molecule has 0 heterocycles. The van der Waals surface area contributed by atoms with Crippen molar-refractivity contribution < 1.29 is 19.0 Å². The van der Waals surface area contributed by atoms with Gasteiger partial charge in [-0.05, 0) is 17.9 Å². The van der Waals surface area contributed by atoms with E-state index in [1.165, 1.54) is 26.0 Å². The third-order valence-corrected chi connectivity index (χ3v) is 4.29. The minimum absolute atomic E-state index is 0.250. The summed E-state index contributed by atoms with van der Waals surface area (Å²) in [4.78, 5) is 12.5. The molecule has 5 nitrogen and oxygen atoms in total. The monoisotopic (exact) mass is 369 g/mol.